The van der Waals surface area contributed by atoms with E-state index in [9.17, 15) is 4.39 Å². The summed E-state index contributed by atoms with van der Waals surface area (Å²) in [5.41, 5.74) is 0.828. The van der Waals surface area contributed by atoms with Crippen LogP contribution in [0.15, 0.2) is 24.4 Å². The summed E-state index contributed by atoms with van der Waals surface area (Å²) in [5.74, 6) is -0.877. The Morgan fingerprint density at radius 1 is 1.42 bits per heavy atom. The van der Waals surface area contributed by atoms with Crippen molar-refractivity contribution in [3.05, 3.63) is 30.2 Å². The van der Waals surface area contributed by atoms with E-state index in [0.29, 0.717) is 0 Å². The van der Waals surface area contributed by atoms with Crippen LogP contribution in [-0.2, 0) is 7.05 Å². The van der Waals surface area contributed by atoms with Gasteiger partial charge in [-0.2, -0.15) is 0 Å². The molecule has 1 heterocycles. The summed E-state index contributed by atoms with van der Waals surface area (Å²) < 4.78 is 14.6. The fraction of sp³-hybridized carbons (Fsp3) is 0.111. The monoisotopic (exact) mass is 165 g/mol. The summed E-state index contributed by atoms with van der Waals surface area (Å²) >= 11 is 0. The SMILES string of the molecule is Cn1ccc2cc(F)c(O)cc21. The Balaban J connectivity index is 2.87. The first-order chi connectivity index (χ1) is 5.68. The molecule has 0 saturated carbocycles. The molecule has 1 aromatic carbocycles. The number of aryl methyl sites for hydroxylation is 1. The van der Waals surface area contributed by atoms with Crippen molar-refractivity contribution in [3.8, 4) is 5.75 Å². The number of nitrogens with zero attached hydrogens (tertiary/aromatic N) is 1. The molecule has 1 aromatic heterocycles. The quantitative estimate of drug-likeness (QED) is 0.634. The van der Waals surface area contributed by atoms with Gasteiger partial charge in [0.05, 0.1) is 5.52 Å². The molecular formula is C9H8FNO. The average molecular weight is 165 g/mol. The van der Waals surface area contributed by atoms with Crippen molar-refractivity contribution in [2.75, 3.05) is 0 Å². The maximum absolute atomic E-state index is 12.8. The molecule has 2 aromatic rings. The Kier molecular flexibility index (Phi) is 1.33. The van der Waals surface area contributed by atoms with Gasteiger partial charge >= 0.3 is 0 Å². The van der Waals surface area contributed by atoms with Crippen LogP contribution in [0.5, 0.6) is 5.75 Å². The first kappa shape index (κ1) is 7.16. The lowest BCUT2D eigenvalue weighted by Crippen LogP contribution is -1.84. The number of fused-ring (bicyclic) bond motifs is 1. The maximum Gasteiger partial charge on any atom is 0.165 e. The third-order valence-electron chi connectivity index (χ3n) is 1.95. The van der Waals surface area contributed by atoms with Crippen LogP contribution in [0.3, 0.4) is 0 Å². The number of halogens is 1. The van der Waals surface area contributed by atoms with Crippen molar-refractivity contribution < 1.29 is 9.50 Å². The second kappa shape index (κ2) is 2.24. The van der Waals surface area contributed by atoms with Crippen LogP contribution >= 0.6 is 0 Å². The minimum atomic E-state index is -0.575. The van der Waals surface area contributed by atoms with E-state index in [1.807, 2.05) is 17.8 Å². The van der Waals surface area contributed by atoms with Crippen molar-refractivity contribution in [2.24, 2.45) is 7.05 Å². The molecule has 2 nitrogen and oxygen atoms in total. The number of aromatic hydroxyl groups is 1. The Morgan fingerprint density at radius 3 is 2.92 bits per heavy atom. The first-order valence-electron chi connectivity index (χ1n) is 3.62. The Bertz CT molecular complexity index is 433. The number of phenolic OH excluding ortho intramolecular Hbond substituents is 1. The molecule has 0 aliphatic rings. The van der Waals surface area contributed by atoms with E-state index >= 15 is 0 Å². The summed E-state index contributed by atoms with van der Waals surface area (Å²) in [6.07, 6.45) is 1.82. The van der Waals surface area contributed by atoms with Crippen LogP contribution in [0.1, 0.15) is 0 Å². The van der Waals surface area contributed by atoms with Crippen LogP contribution in [-0.4, -0.2) is 9.67 Å². The van der Waals surface area contributed by atoms with Crippen LogP contribution in [0.25, 0.3) is 10.9 Å². The van der Waals surface area contributed by atoms with Gasteiger partial charge in [-0.05, 0) is 12.1 Å². The van der Waals surface area contributed by atoms with E-state index in [1.165, 1.54) is 12.1 Å². The summed E-state index contributed by atoms with van der Waals surface area (Å²) in [6, 6.07) is 4.55. The number of benzene rings is 1. The smallest absolute Gasteiger partial charge is 0.165 e. The summed E-state index contributed by atoms with van der Waals surface area (Å²) in [7, 11) is 1.85. The van der Waals surface area contributed by atoms with E-state index in [4.69, 9.17) is 5.11 Å². The highest BCUT2D eigenvalue weighted by atomic mass is 19.1. The number of hydrogen-bond donors (Lipinski definition) is 1. The molecular weight excluding hydrogens is 157 g/mol. The first-order valence-corrected chi connectivity index (χ1v) is 3.62. The molecule has 0 bridgehead atoms. The van der Waals surface area contributed by atoms with Gasteiger partial charge in [0, 0.05) is 24.7 Å². The summed E-state index contributed by atoms with van der Waals surface area (Å²) in [5, 5.41) is 9.87. The molecule has 0 atom stereocenters. The van der Waals surface area contributed by atoms with E-state index in [1.54, 1.807) is 6.07 Å². The Labute approximate surface area is 68.9 Å². The lowest BCUT2D eigenvalue weighted by molar-refractivity contribution is 0.433. The molecule has 0 radical (unpaired) electrons. The molecule has 3 heteroatoms. The fourth-order valence-electron chi connectivity index (χ4n) is 1.28. The average Bonchev–Trinajstić information content (AvgIpc) is 2.35. The predicted molar refractivity (Wildman–Crippen MR) is 44.5 cm³/mol. The number of hydrogen-bond acceptors (Lipinski definition) is 1. The molecule has 0 amide bonds. The van der Waals surface area contributed by atoms with Gasteiger partial charge in [-0.15, -0.1) is 0 Å². The van der Waals surface area contributed by atoms with Gasteiger partial charge in [0.1, 0.15) is 0 Å². The van der Waals surface area contributed by atoms with Gasteiger partial charge in [-0.3, -0.25) is 0 Å². The molecule has 1 N–H and O–H groups in total. The van der Waals surface area contributed by atoms with Crippen molar-refractivity contribution >= 4 is 10.9 Å². The standard InChI is InChI=1S/C9H8FNO/c1-11-3-2-6-4-7(10)9(12)5-8(6)11/h2-5,12H,1H3. The number of rotatable bonds is 0. The number of phenols is 1. The summed E-state index contributed by atoms with van der Waals surface area (Å²) in [4.78, 5) is 0. The van der Waals surface area contributed by atoms with Gasteiger partial charge in [0.25, 0.3) is 0 Å². The van der Waals surface area contributed by atoms with Gasteiger partial charge in [-0.25, -0.2) is 4.39 Å². The highest BCUT2D eigenvalue weighted by Crippen LogP contribution is 2.23. The topological polar surface area (TPSA) is 25.2 Å². The van der Waals surface area contributed by atoms with Crippen molar-refractivity contribution in [3.63, 3.8) is 0 Å². The summed E-state index contributed by atoms with van der Waals surface area (Å²) in [6.45, 7) is 0. The molecule has 0 spiro atoms. The van der Waals surface area contributed by atoms with Crippen LogP contribution < -0.4 is 0 Å². The van der Waals surface area contributed by atoms with E-state index in [-0.39, 0.29) is 5.75 Å². The van der Waals surface area contributed by atoms with Crippen LogP contribution in [0, 0.1) is 5.82 Å². The third kappa shape index (κ3) is 0.863. The minimum absolute atomic E-state index is 0.302. The zero-order chi connectivity index (χ0) is 8.72. The fourth-order valence-corrected chi connectivity index (χ4v) is 1.28. The maximum atomic E-state index is 12.8. The van der Waals surface area contributed by atoms with Crippen LogP contribution in [0.4, 0.5) is 4.39 Å². The molecule has 2 rings (SSSR count). The second-order valence-corrected chi connectivity index (χ2v) is 2.79. The normalized spacial score (nSPS) is 10.8. The van der Waals surface area contributed by atoms with Gasteiger partial charge in [-0.1, -0.05) is 0 Å². The van der Waals surface area contributed by atoms with Crippen molar-refractivity contribution in [1.82, 2.24) is 4.57 Å². The zero-order valence-electron chi connectivity index (χ0n) is 6.58. The number of aromatic nitrogens is 1. The highest BCUT2D eigenvalue weighted by Gasteiger charge is 2.04. The van der Waals surface area contributed by atoms with E-state index in [2.05, 4.69) is 0 Å². The third-order valence-corrected chi connectivity index (χ3v) is 1.95. The second-order valence-electron chi connectivity index (χ2n) is 2.79. The predicted octanol–water partition coefficient (Wildman–Crippen LogP) is 2.02. The van der Waals surface area contributed by atoms with Gasteiger partial charge in [0.15, 0.2) is 11.6 Å². The Morgan fingerprint density at radius 2 is 2.17 bits per heavy atom. The molecule has 0 aliphatic carbocycles. The Hall–Kier alpha value is -1.51. The molecule has 0 saturated heterocycles. The molecule has 62 valence electrons. The van der Waals surface area contributed by atoms with Crippen molar-refractivity contribution in [2.45, 2.75) is 0 Å². The minimum Gasteiger partial charge on any atom is -0.505 e. The largest absolute Gasteiger partial charge is 0.505 e. The molecule has 0 fully saturated rings. The molecule has 0 unspecified atom stereocenters. The van der Waals surface area contributed by atoms with Gasteiger partial charge in [0.2, 0.25) is 0 Å². The molecule has 12 heavy (non-hydrogen) atoms. The van der Waals surface area contributed by atoms with Gasteiger partial charge < -0.3 is 9.67 Å². The van der Waals surface area contributed by atoms with Crippen molar-refractivity contribution in [1.29, 1.82) is 0 Å². The lowest BCUT2D eigenvalue weighted by Gasteiger charge is -1.98. The van der Waals surface area contributed by atoms with E-state index < -0.39 is 5.82 Å². The van der Waals surface area contributed by atoms with Crippen LogP contribution in [0.2, 0.25) is 0 Å². The highest BCUT2D eigenvalue weighted by molar-refractivity contribution is 5.81. The zero-order valence-corrected chi connectivity index (χ0v) is 6.58. The lowest BCUT2D eigenvalue weighted by atomic mass is 10.2. The van der Waals surface area contributed by atoms with E-state index in [0.717, 1.165) is 10.9 Å². The molecule has 0 aliphatic heterocycles.